The molecule has 31 heavy (non-hydrogen) atoms. The molecule has 1 aliphatic heterocycles. The molecule has 0 radical (unpaired) electrons. The number of aromatic nitrogens is 4. The van der Waals surface area contributed by atoms with E-state index in [9.17, 15) is 4.79 Å². The van der Waals surface area contributed by atoms with E-state index in [-0.39, 0.29) is 5.56 Å². The van der Waals surface area contributed by atoms with E-state index in [0.29, 0.717) is 11.7 Å². The maximum Gasteiger partial charge on any atom is 0.251 e. The average molecular weight is 422 g/mol. The molecule has 1 saturated heterocycles. The van der Waals surface area contributed by atoms with Gasteiger partial charge in [0.25, 0.3) is 5.56 Å². The Balaban J connectivity index is 1.42. The molecule has 0 bridgehead atoms. The molecular weight excluding hydrogens is 390 g/mol. The molecular formula is C24H31N5O2. The van der Waals surface area contributed by atoms with Gasteiger partial charge in [0.15, 0.2) is 0 Å². The van der Waals surface area contributed by atoms with Crippen molar-refractivity contribution in [2.24, 2.45) is 0 Å². The van der Waals surface area contributed by atoms with Gasteiger partial charge in [-0.05, 0) is 63.5 Å². The van der Waals surface area contributed by atoms with E-state index in [4.69, 9.17) is 9.72 Å². The molecule has 1 aliphatic rings. The van der Waals surface area contributed by atoms with Crippen LogP contribution in [0.4, 0.5) is 0 Å². The third-order valence-corrected chi connectivity index (χ3v) is 6.17. The normalized spacial score (nSPS) is 15.3. The highest BCUT2D eigenvalue weighted by atomic mass is 16.5. The predicted molar refractivity (Wildman–Crippen MR) is 121 cm³/mol. The molecule has 1 N–H and O–H groups in total. The maximum absolute atomic E-state index is 12.3. The lowest BCUT2D eigenvalue weighted by Gasteiger charge is -2.31. The fourth-order valence-electron chi connectivity index (χ4n) is 4.28. The van der Waals surface area contributed by atoms with Crippen molar-refractivity contribution in [3.05, 3.63) is 63.8 Å². The van der Waals surface area contributed by atoms with Crippen LogP contribution < -0.4 is 10.3 Å². The van der Waals surface area contributed by atoms with Crippen molar-refractivity contribution in [2.45, 2.75) is 52.1 Å². The van der Waals surface area contributed by atoms with Gasteiger partial charge in [0.2, 0.25) is 0 Å². The van der Waals surface area contributed by atoms with E-state index >= 15 is 0 Å². The number of nitrogens with one attached hydrogen (secondary N) is 1. The molecule has 0 saturated carbocycles. The summed E-state index contributed by atoms with van der Waals surface area (Å²) in [6.45, 7) is 8.23. The molecule has 1 fully saturated rings. The van der Waals surface area contributed by atoms with Crippen molar-refractivity contribution >= 4 is 0 Å². The van der Waals surface area contributed by atoms with Gasteiger partial charge in [0, 0.05) is 41.9 Å². The summed E-state index contributed by atoms with van der Waals surface area (Å²) in [7, 11) is 1.64. The number of benzene rings is 1. The summed E-state index contributed by atoms with van der Waals surface area (Å²) in [5, 5.41) is 4.53. The summed E-state index contributed by atoms with van der Waals surface area (Å²) in [6, 6.07) is 9.26. The molecule has 2 aromatic heterocycles. The van der Waals surface area contributed by atoms with Gasteiger partial charge in [-0.1, -0.05) is 6.92 Å². The van der Waals surface area contributed by atoms with Crippen LogP contribution in [0.3, 0.4) is 0 Å². The lowest BCUT2D eigenvalue weighted by molar-refractivity contribution is 0.203. The molecule has 0 unspecified atom stereocenters. The van der Waals surface area contributed by atoms with Crippen LogP contribution in [0.1, 0.15) is 49.1 Å². The molecule has 3 heterocycles. The summed E-state index contributed by atoms with van der Waals surface area (Å²) < 4.78 is 7.32. The first-order valence-corrected chi connectivity index (χ1v) is 11.1. The first kappa shape index (κ1) is 21.3. The van der Waals surface area contributed by atoms with E-state index in [2.05, 4.69) is 33.5 Å². The highest BCUT2D eigenvalue weighted by Crippen LogP contribution is 2.28. The number of nitrogens with zero attached hydrogens (tertiary/aromatic N) is 4. The second-order valence-corrected chi connectivity index (χ2v) is 8.28. The molecule has 7 heteroatoms. The van der Waals surface area contributed by atoms with Crippen LogP contribution in [0, 0.1) is 6.92 Å². The first-order chi connectivity index (χ1) is 15.1. The van der Waals surface area contributed by atoms with Gasteiger partial charge in [-0.3, -0.25) is 14.4 Å². The molecule has 7 nitrogen and oxygen atoms in total. The number of hydrogen-bond donors (Lipinski definition) is 1. The number of aromatic amines is 1. The fourth-order valence-corrected chi connectivity index (χ4v) is 4.28. The van der Waals surface area contributed by atoms with Crippen molar-refractivity contribution in [1.82, 2.24) is 24.6 Å². The second kappa shape index (κ2) is 9.47. The first-order valence-electron chi connectivity index (χ1n) is 11.1. The van der Waals surface area contributed by atoms with Crippen LogP contribution in [0.2, 0.25) is 0 Å². The number of hydrogen-bond acceptors (Lipinski definition) is 5. The molecule has 164 valence electrons. The molecule has 0 amide bonds. The molecule has 1 aromatic carbocycles. The minimum atomic E-state index is -0.0998. The van der Waals surface area contributed by atoms with E-state index in [0.717, 1.165) is 62.4 Å². The number of rotatable bonds is 7. The quantitative estimate of drug-likeness (QED) is 0.629. The molecule has 4 rings (SSSR count). The lowest BCUT2D eigenvalue weighted by Crippen LogP contribution is -2.33. The molecule has 3 aromatic rings. The third kappa shape index (κ3) is 4.88. The summed E-state index contributed by atoms with van der Waals surface area (Å²) in [5.74, 6) is 1.70. The Morgan fingerprint density at radius 2 is 1.94 bits per heavy atom. The van der Waals surface area contributed by atoms with Gasteiger partial charge in [-0.2, -0.15) is 5.10 Å². The highest BCUT2D eigenvalue weighted by Gasteiger charge is 2.23. The summed E-state index contributed by atoms with van der Waals surface area (Å²) in [6.07, 6.45) is 5.10. The average Bonchev–Trinajstić information content (AvgIpc) is 3.13. The van der Waals surface area contributed by atoms with Gasteiger partial charge in [0.05, 0.1) is 19.0 Å². The number of piperidine rings is 1. The van der Waals surface area contributed by atoms with Gasteiger partial charge in [0.1, 0.15) is 11.6 Å². The lowest BCUT2D eigenvalue weighted by atomic mass is 9.93. The van der Waals surface area contributed by atoms with Gasteiger partial charge < -0.3 is 9.72 Å². The topological polar surface area (TPSA) is 76.0 Å². The Kier molecular flexibility index (Phi) is 6.51. The van der Waals surface area contributed by atoms with Gasteiger partial charge in [-0.15, -0.1) is 0 Å². The smallest absolute Gasteiger partial charge is 0.251 e. The summed E-state index contributed by atoms with van der Waals surface area (Å²) >= 11 is 0. The number of ether oxygens (including phenoxy) is 1. The molecule has 0 atom stereocenters. The van der Waals surface area contributed by atoms with Crippen LogP contribution in [0.15, 0.2) is 41.3 Å². The Hall–Kier alpha value is -2.93. The Morgan fingerprint density at radius 3 is 2.61 bits per heavy atom. The maximum atomic E-state index is 12.3. The van der Waals surface area contributed by atoms with Crippen molar-refractivity contribution in [3.8, 4) is 17.1 Å². The van der Waals surface area contributed by atoms with Crippen molar-refractivity contribution in [2.75, 3.05) is 20.2 Å². The van der Waals surface area contributed by atoms with Crippen LogP contribution in [-0.2, 0) is 13.1 Å². The number of aryl methyl sites for hydroxylation is 1. The van der Waals surface area contributed by atoms with Gasteiger partial charge >= 0.3 is 0 Å². The Morgan fingerprint density at radius 1 is 1.19 bits per heavy atom. The van der Waals surface area contributed by atoms with E-state index in [1.807, 2.05) is 30.5 Å². The zero-order valence-corrected chi connectivity index (χ0v) is 18.6. The van der Waals surface area contributed by atoms with Crippen LogP contribution in [0.5, 0.6) is 5.75 Å². The Labute approximate surface area is 183 Å². The molecule has 0 aliphatic carbocycles. The second-order valence-electron chi connectivity index (χ2n) is 8.28. The minimum absolute atomic E-state index is 0.0998. The monoisotopic (exact) mass is 421 g/mol. The fraction of sp³-hybridized carbons (Fsp3) is 0.458. The highest BCUT2D eigenvalue weighted by molar-refractivity contribution is 5.56. The van der Waals surface area contributed by atoms with Crippen LogP contribution >= 0.6 is 0 Å². The Bertz CT molecular complexity index is 1060. The van der Waals surface area contributed by atoms with Crippen LogP contribution in [0.25, 0.3) is 11.4 Å². The number of H-pyrrole nitrogens is 1. The zero-order chi connectivity index (χ0) is 21.8. The van der Waals surface area contributed by atoms with E-state index in [1.165, 1.54) is 11.3 Å². The van der Waals surface area contributed by atoms with Crippen LogP contribution in [-0.4, -0.2) is 44.8 Å². The van der Waals surface area contributed by atoms with Gasteiger partial charge in [-0.25, -0.2) is 4.98 Å². The zero-order valence-electron chi connectivity index (χ0n) is 18.6. The van der Waals surface area contributed by atoms with E-state index < -0.39 is 0 Å². The van der Waals surface area contributed by atoms with E-state index in [1.54, 1.807) is 13.2 Å². The SMILES string of the molecule is CCCn1ncc(CN2CCC(c3cc(=O)[nH]c(-c4ccc(OC)cc4)n3)CC2)c1C. The van der Waals surface area contributed by atoms with Crippen molar-refractivity contribution < 1.29 is 4.74 Å². The third-order valence-electron chi connectivity index (χ3n) is 6.17. The summed E-state index contributed by atoms with van der Waals surface area (Å²) in [4.78, 5) is 22.5. The minimum Gasteiger partial charge on any atom is -0.497 e. The number of methoxy groups -OCH3 is 1. The number of likely N-dealkylation sites (tertiary alicyclic amines) is 1. The molecule has 0 spiro atoms. The largest absolute Gasteiger partial charge is 0.497 e. The van der Waals surface area contributed by atoms with Crippen molar-refractivity contribution in [3.63, 3.8) is 0 Å². The standard InChI is InChI=1S/C24H31N5O2/c1-4-11-29-17(2)20(15-25-29)16-28-12-9-18(10-13-28)22-14-23(30)27-24(26-22)19-5-7-21(31-3)8-6-19/h5-8,14-15,18H,4,9-13,16H2,1-3H3,(H,26,27,30). The van der Waals surface area contributed by atoms with Crippen molar-refractivity contribution in [1.29, 1.82) is 0 Å². The summed E-state index contributed by atoms with van der Waals surface area (Å²) in [5.41, 5.74) is 4.25. The predicted octanol–water partition coefficient (Wildman–Crippen LogP) is 3.74.